The van der Waals surface area contributed by atoms with Gasteiger partial charge in [0, 0.05) is 54.3 Å². The summed E-state index contributed by atoms with van der Waals surface area (Å²) in [6.07, 6.45) is 9.31. The lowest BCUT2D eigenvalue weighted by molar-refractivity contribution is 0.353. The summed E-state index contributed by atoms with van der Waals surface area (Å²) < 4.78 is 10.5. The molecule has 110 valence electrons. The SMILES string of the molecule is NCc1cncc2c1OCC2.[C-]#[N+]c1cncc2ccoc12. The molecule has 1 aliphatic heterocycles. The first-order valence-electron chi connectivity index (χ1n) is 6.80. The van der Waals surface area contributed by atoms with E-state index >= 15 is 0 Å². The Morgan fingerprint density at radius 3 is 2.91 bits per heavy atom. The molecule has 0 fully saturated rings. The molecule has 2 N–H and O–H groups in total. The Bertz CT molecular complexity index is 836. The van der Waals surface area contributed by atoms with Gasteiger partial charge in [-0.2, -0.15) is 0 Å². The van der Waals surface area contributed by atoms with E-state index in [0.29, 0.717) is 17.8 Å². The lowest BCUT2D eigenvalue weighted by atomic mass is 10.1. The third-order valence-electron chi connectivity index (χ3n) is 3.34. The number of nitrogens with two attached hydrogens (primary N) is 1. The van der Waals surface area contributed by atoms with Crippen LogP contribution in [0.3, 0.4) is 0 Å². The maximum atomic E-state index is 6.79. The minimum Gasteiger partial charge on any atom is -0.492 e. The number of nitrogens with zero attached hydrogens (tertiary/aromatic N) is 3. The second-order valence-corrected chi connectivity index (χ2v) is 4.70. The highest BCUT2D eigenvalue weighted by molar-refractivity contribution is 5.87. The van der Waals surface area contributed by atoms with Gasteiger partial charge in [0.05, 0.1) is 19.4 Å². The second-order valence-electron chi connectivity index (χ2n) is 4.70. The fourth-order valence-corrected chi connectivity index (χ4v) is 2.27. The average Bonchev–Trinajstić information content (AvgIpc) is 3.23. The van der Waals surface area contributed by atoms with Crippen molar-refractivity contribution in [2.24, 2.45) is 5.73 Å². The van der Waals surface area contributed by atoms with Gasteiger partial charge >= 0.3 is 0 Å². The van der Waals surface area contributed by atoms with E-state index in [9.17, 15) is 0 Å². The number of ether oxygens (including phenoxy) is 1. The number of hydrogen-bond donors (Lipinski definition) is 1. The van der Waals surface area contributed by atoms with Crippen molar-refractivity contribution in [1.29, 1.82) is 0 Å². The van der Waals surface area contributed by atoms with Crippen LogP contribution in [0.2, 0.25) is 0 Å². The highest BCUT2D eigenvalue weighted by atomic mass is 16.5. The van der Waals surface area contributed by atoms with Crippen molar-refractivity contribution in [1.82, 2.24) is 9.97 Å². The van der Waals surface area contributed by atoms with E-state index in [4.69, 9.17) is 21.5 Å². The van der Waals surface area contributed by atoms with Crippen molar-refractivity contribution in [3.63, 3.8) is 0 Å². The molecule has 0 saturated heterocycles. The monoisotopic (exact) mass is 294 g/mol. The number of fused-ring (bicyclic) bond motifs is 2. The average molecular weight is 294 g/mol. The highest BCUT2D eigenvalue weighted by Crippen LogP contribution is 2.27. The molecule has 4 rings (SSSR count). The summed E-state index contributed by atoms with van der Waals surface area (Å²) in [7, 11) is 0. The van der Waals surface area contributed by atoms with Gasteiger partial charge in [-0.3, -0.25) is 9.97 Å². The topological polar surface area (TPSA) is 78.5 Å². The van der Waals surface area contributed by atoms with E-state index in [1.807, 2.05) is 6.20 Å². The third kappa shape index (κ3) is 2.62. The van der Waals surface area contributed by atoms with E-state index in [2.05, 4.69) is 14.8 Å². The number of pyridine rings is 2. The van der Waals surface area contributed by atoms with Gasteiger partial charge < -0.3 is 14.9 Å². The largest absolute Gasteiger partial charge is 0.492 e. The Balaban J connectivity index is 0.000000131. The van der Waals surface area contributed by atoms with Crippen LogP contribution in [0.1, 0.15) is 11.1 Å². The third-order valence-corrected chi connectivity index (χ3v) is 3.34. The smallest absolute Gasteiger partial charge is 0.247 e. The zero-order valence-electron chi connectivity index (χ0n) is 11.8. The van der Waals surface area contributed by atoms with Crippen LogP contribution >= 0.6 is 0 Å². The molecule has 22 heavy (non-hydrogen) atoms. The second kappa shape index (κ2) is 6.24. The van der Waals surface area contributed by atoms with Crippen LogP contribution in [-0.2, 0) is 13.0 Å². The summed E-state index contributed by atoms with van der Waals surface area (Å²) in [4.78, 5) is 11.2. The molecule has 6 nitrogen and oxygen atoms in total. The zero-order valence-corrected chi connectivity index (χ0v) is 11.8. The van der Waals surface area contributed by atoms with Crippen molar-refractivity contribution in [2.75, 3.05) is 6.61 Å². The van der Waals surface area contributed by atoms with Crippen LogP contribution in [0.4, 0.5) is 5.69 Å². The molecule has 0 amide bonds. The fourth-order valence-electron chi connectivity index (χ4n) is 2.27. The van der Waals surface area contributed by atoms with E-state index < -0.39 is 0 Å². The molecule has 0 bridgehead atoms. The molecule has 0 aliphatic carbocycles. The molecule has 0 radical (unpaired) electrons. The zero-order chi connectivity index (χ0) is 15.4. The summed E-state index contributed by atoms with van der Waals surface area (Å²) in [5.74, 6) is 0.961. The van der Waals surface area contributed by atoms with Crippen LogP contribution in [0.5, 0.6) is 5.75 Å². The van der Waals surface area contributed by atoms with Gasteiger partial charge in [0.1, 0.15) is 11.3 Å². The Kier molecular flexibility index (Phi) is 3.99. The first-order chi connectivity index (χ1) is 10.8. The summed E-state index contributed by atoms with van der Waals surface area (Å²) >= 11 is 0. The number of rotatable bonds is 1. The molecular weight excluding hydrogens is 280 g/mol. The summed E-state index contributed by atoms with van der Waals surface area (Å²) in [5, 5.41) is 0.874. The summed E-state index contributed by atoms with van der Waals surface area (Å²) in [6.45, 7) is 8.07. The Hall–Kier alpha value is -2.91. The lowest BCUT2D eigenvalue weighted by Gasteiger charge is -2.03. The van der Waals surface area contributed by atoms with Gasteiger partial charge in [-0.25, -0.2) is 4.85 Å². The molecule has 6 heteroatoms. The number of aromatic nitrogens is 2. The van der Waals surface area contributed by atoms with Gasteiger partial charge in [0.15, 0.2) is 0 Å². The lowest BCUT2D eigenvalue weighted by Crippen LogP contribution is -1.99. The van der Waals surface area contributed by atoms with Crippen molar-refractivity contribution in [3.8, 4) is 5.75 Å². The predicted molar refractivity (Wildman–Crippen MR) is 81.6 cm³/mol. The van der Waals surface area contributed by atoms with Gasteiger partial charge in [0.25, 0.3) is 0 Å². The fraction of sp³-hybridized carbons (Fsp3) is 0.188. The number of hydrogen-bond acceptors (Lipinski definition) is 5. The Labute approximate surface area is 127 Å². The molecule has 0 aromatic carbocycles. The van der Waals surface area contributed by atoms with E-state index in [1.165, 1.54) is 11.8 Å². The first-order valence-corrected chi connectivity index (χ1v) is 6.80. The molecule has 4 heterocycles. The van der Waals surface area contributed by atoms with Crippen molar-refractivity contribution in [3.05, 3.63) is 59.7 Å². The van der Waals surface area contributed by atoms with Gasteiger partial charge in [-0.1, -0.05) is 0 Å². The van der Waals surface area contributed by atoms with Crippen molar-refractivity contribution >= 4 is 16.7 Å². The maximum Gasteiger partial charge on any atom is 0.247 e. The summed E-state index contributed by atoms with van der Waals surface area (Å²) in [6, 6.07) is 1.79. The molecule has 0 spiro atoms. The molecular formula is C16H14N4O2. The minimum atomic E-state index is 0.465. The minimum absolute atomic E-state index is 0.465. The molecule has 3 aromatic rings. The quantitative estimate of drug-likeness (QED) is 0.698. The predicted octanol–water partition coefficient (Wildman–Crippen LogP) is 2.85. The molecule has 3 aromatic heterocycles. The normalized spacial score (nSPS) is 12.0. The summed E-state index contributed by atoms with van der Waals surface area (Å²) in [5.41, 5.74) is 8.79. The van der Waals surface area contributed by atoms with Crippen molar-refractivity contribution in [2.45, 2.75) is 13.0 Å². The Morgan fingerprint density at radius 2 is 2.09 bits per heavy atom. The first kappa shape index (κ1) is 14.0. The molecule has 0 atom stereocenters. The highest BCUT2D eigenvalue weighted by Gasteiger charge is 2.14. The van der Waals surface area contributed by atoms with Crippen LogP contribution in [0.25, 0.3) is 15.8 Å². The number of furan rings is 1. The van der Waals surface area contributed by atoms with Gasteiger partial charge in [-0.15, -0.1) is 0 Å². The molecule has 0 unspecified atom stereocenters. The molecule has 0 saturated carbocycles. The van der Waals surface area contributed by atoms with Gasteiger partial charge in [-0.05, 0) is 6.07 Å². The van der Waals surface area contributed by atoms with E-state index in [1.54, 1.807) is 24.7 Å². The Morgan fingerprint density at radius 1 is 1.23 bits per heavy atom. The maximum absolute atomic E-state index is 6.79. The van der Waals surface area contributed by atoms with E-state index in [0.717, 1.165) is 29.7 Å². The standard InChI is InChI=1S/C8H4N2O.C8H10N2O/c1-9-7-5-10-4-6-2-3-11-8(6)7;9-3-7-5-10-4-6-1-2-11-8(6)7/h2-5H;4-5H,1-3,9H2. The van der Waals surface area contributed by atoms with Crippen LogP contribution in [0.15, 0.2) is 41.5 Å². The molecule has 1 aliphatic rings. The van der Waals surface area contributed by atoms with Crippen molar-refractivity contribution < 1.29 is 9.15 Å². The van der Waals surface area contributed by atoms with Crippen LogP contribution < -0.4 is 10.5 Å². The van der Waals surface area contributed by atoms with Gasteiger partial charge in [0.2, 0.25) is 5.69 Å². The van der Waals surface area contributed by atoms with E-state index in [-0.39, 0.29) is 0 Å². The van der Waals surface area contributed by atoms with Crippen LogP contribution in [0, 0.1) is 6.57 Å². The van der Waals surface area contributed by atoms with Crippen LogP contribution in [-0.4, -0.2) is 16.6 Å².